The monoisotopic (exact) mass is 282 g/mol. The molecule has 1 aromatic rings. The lowest BCUT2D eigenvalue weighted by Crippen LogP contribution is -2.29. The van der Waals surface area contributed by atoms with Gasteiger partial charge in [0.05, 0.1) is 15.5 Å². The first-order valence-corrected chi connectivity index (χ1v) is 6.51. The van der Waals surface area contributed by atoms with Gasteiger partial charge in [-0.3, -0.25) is 14.9 Å². The Morgan fingerprint density at radius 3 is 2.47 bits per heavy atom. The molecule has 0 saturated carbocycles. The van der Waals surface area contributed by atoms with Gasteiger partial charge < -0.3 is 4.90 Å². The highest BCUT2D eigenvalue weighted by atomic mass is 35.5. The molecular formula is C13H15ClN2O3. The second-order valence-corrected chi connectivity index (χ2v) is 5.49. The van der Waals surface area contributed by atoms with Crippen LogP contribution in [0, 0.1) is 22.0 Å². The van der Waals surface area contributed by atoms with E-state index in [0.29, 0.717) is 24.9 Å². The van der Waals surface area contributed by atoms with E-state index >= 15 is 0 Å². The summed E-state index contributed by atoms with van der Waals surface area (Å²) < 4.78 is 0. The predicted octanol–water partition coefficient (Wildman–Crippen LogP) is 2.98. The number of halogens is 1. The summed E-state index contributed by atoms with van der Waals surface area (Å²) in [6.45, 7) is 5.51. The number of nitro groups is 1. The molecule has 2 unspecified atom stereocenters. The van der Waals surface area contributed by atoms with E-state index in [9.17, 15) is 14.9 Å². The highest BCUT2D eigenvalue weighted by molar-refractivity contribution is 6.33. The molecule has 1 aliphatic rings. The van der Waals surface area contributed by atoms with Crippen LogP contribution < -0.4 is 0 Å². The predicted molar refractivity (Wildman–Crippen MR) is 72.3 cm³/mol. The summed E-state index contributed by atoms with van der Waals surface area (Å²) in [5.74, 6) is 0.632. The lowest BCUT2D eigenvalue weighted by Gasteiger charge is -2.16. The topological polar surface area (TPSA) is 63.5 Å². The second-order valence-electron chi connectivity index (χ2n) is 5.09. The Labute approximate surface area is 116 Å². The molecule has 2 rings (SSSR count). The third-order valence-corrected chi connectivity index (χ3v) is 4.00. The maximum absolute atomic E-state index is 12.4. The van der Waals surface area contributed by atoms with Crippen molar-refractivity contribution in [1.29, 1.82) is 0 Å². The van der Waals surface area contributed by atoms with E-state index in [2.05, 4.69) is 13.8 Å². The minimum Gasteiger partial charge on any atom is -0.338 e. The van der Waals surface area contributed by atoms with Crippen molar-refractivity contribution in [2.75, 3.05) is 13.1 Å². The molecule has 0 radical (unpaired) electrons. The van der Waals surface area contributed by atoms with Crippen LogP contribution in [0.2, 0.25) is 5.02 Å². The zero-order valence-corrected chi connectivity index (χ0v) is 11.6. The number of likely N-dealkylation sites (tertiary alicyclic amines) is 1. The van der Waals surface area contributed by atoms with Crippen LogP contribution in [-0.2, 0) is 0 Å². The van der Waals surface area contributed by atoms with Crippen LogP contribution in [-0.4, -0.2) is 28.8 Å². The summed E-state index contributed by atoms with van der Waals surface area (Å²) in [5.41, 5.74) is 0.0882. The average Bonchev–Trinajstić information content (AvgIpc) is 2.69. The summed E-state index contributed by atoms with van der Waals surface area (Å²) in [5, 5.41) is 11.0. The highest BCUT2D eigenvalue weighted by Crippen LogP contribution is 2.28. The fraction of sp³-hybridized carbons (Fsp3) is 0.462. The molecule has 0 aromatic heterocycles. The molecule has 5 nitrogen and oxygen atoms in total. The van der Waals surface area contributed by atoms with Gasteiger partial charge in [0.25, 0.3) is 11.6 Å². The van der Waals surface area contributed by atoms with Crippen LogP contribution in [0.4, 0.5) is 5.69 Å². The van der Waals surface area contributed by atoms with Crippen molar-refractivity contribution in [3.8, 4) is 0 Å². The molecule has 1 aromatic carbocycles. The number of nitro benzene ring substituents is 1. The van der Waals surface area contributed by atoms with E-state index in [1.54, 1.807) is 4.90 Å². The summed E-state index contributed by atoms with van der Waals surface area (Å²) >= 11 is 5.98. The van der Waals surface area contributed by atoms with Gasteiger partial charge in [-0.2, -0.15) is 0 Å². The first kappa shape index (κ1) is 13.8. The Balaban J connectivity index is 2.29. The van der Waals surface area contributed by atoms with Gasteiger partial charge >= 0.3 is 0 Å². The third-order valence-electron chi connectivity index (χ3n) is 3.67. The van der Waals surface area contributed by atoms with Crippen molar-refractivity contribution < 1.29 is 9.72 Å². The van der Waals surface area contributed by atoms with Crippen molar-refractivity contribution in [2.24, 2.45) is 11.8 Å². The van der Waals surface area contributed by atoms with Crippen molar-refractivity contribution in [1.82, 2.24) is 4.90 Å². The maximum Gasteiger partial charge on any atom is 0.270 e. The molecule has 0 N–H and O–H groups in total. The van der Waals surface area contributed by atoms with Gasteiger partial charge in [0.2, 0.25) is 0 Å². The van der Waals surface area contributed by atoms with Crippen molar-refractivity contribution in [3.63, 3.8) is 0 Å². The molecule has 0 aliphatic carbocycles. The van der Waals surface area contributed by atoms with Crippen molar-refractivity contribution >= 4 is 23.2 Å². The van der Waals surface area contributed by atoms with Gasteiger partial charge in [0, 0.05) is 25.2 Å². The first-order chi connectivity index (χ1) is 8.90. The lowest BCUT2D eigenvalue weighted by molar-refractivity contribution is -0.384. The lowest BCUT2D eigenvalue weighted by atomic mass is 10.0. The Kier molecular flexibility index (Phi) is 3.75. The van der Waals surface area contributed by atoms with E-state index in [1.807, 2.05) is 0 Å². The second kappa shape index (κ2) is 5.17. The number of non-ortho nitro benzene ring substituents is 1. The van der Waals surface area contributed by atoms with Gasteiger partial charge in [0.15, 0.2) is 0 Å². The van der Waals surface area contributed by atoms with Crippen LogP contribution >= 0.6 is 11.6 Å². The highest BCUT2D eigenvalue weighted by Gasteiger charge is 2.31. The molecule has 1 aliphatic heterocycles. The average molecular weight is 283 g/mol. The first-order valence-electron chi connectivity index (χ1n) is 6.13. The van der Waals surface area contributed by atoms with Crippen LogP contribution in [0.15, 0.2) is 18.2 Å². The van der Waals surface area contributed by atoms with Crippen LogP contribution in [0.1, 0.15) is 24.2 Å². The summed E-state index contributed by atoms with van der Waals surface area (Å²) in [6, 6.07) is 3.95. The largest absolute Gasteiger partial charge is 0.338 e. The molecule has 19 heavy (non-hydrogen) atoms. The standard InChI is InChI=1S/C13H15ClN2O3/c1-8-6-15(7-9(8)2)13(17)11-5-10(16(18)19)3-4-12(11)14/h3-5,8-9H,6-7H2,1-2H3. The van der Waals surface area contributed by atoms with E-state index in [0.717, 1.165) is 0 Å². The SMILES string of the molecule is CC1CN(C(=O)c2cc([N+](=O)[O-])ccc2Cl)CC1C. The Morgan fingerprint density at radius 2 is 1.95 bits per heavy atom. The van der Waals surface area contributed by atoms with Gasteiger partial charge in [-0.25, -0.2) is 0 Å². The van der Waals surface area contributed by atoms with E-state index in [4.69, 9.17) is 11.6 Å². The minimum absolute atomic E-state index is 0.118. The molecule has 1 amide bonds. The summed E-state index contributed by atoms with van der Waals surface area (Å²) in [6.07, 6.45) is 0. The number of amides is 1. The quantitative estimate of drug-likeness (QED) is 0.619. The Morgan fingerprint density at radius 1 is 1.37 bits per heavy atom. The zero-order chi connectivity index (χ0) is 14.2. The van der Waals surface area contributed by atoms with Gasteiger partial charge in [-0.05, 0) is 17.9 Å². The van der Waals surface area contributed by atoms with Crippen molar-refractivity contribution in [2.45, 2.75) is 13.8 Å². The van der Waals surface area contributed by atoms with E-state index in [1.165, 1.54) is 18.2 Å². The number of carbonyl (C=O) groups excluding carboxylic acids is 1. The number of benzene rings is 1. The Bertz CT molecular complexity index is 523. The molecule has 102 valence electrons. The summed E-state index contributed by atoms with van der Waals surface area (Å²) in [4.78, 5) is 24.3. The van der Waals surface area contributed by atoms with E-state index < -0.39 is 4.92 Å². The number of nitrogens with zero attached hydrogens (tertiary/aromatic N) is 2. The smallest absolute Gasteiger partial charge is 0.270 e. The minimum atomic E-state index is -0.525. The van der Waals surface area contributed by atoms with Gasteiger partial charge in [-0.15, -0.1) is 0 Å². The zero-order valence-electron chi connectivity index (χ0n) is 10.8. The molecule has 2 atom stereocenters. The fourth-order valence-electron chi connectivity index (χ4n) is 2.26. The summed E-state index contributed by atoms with van der Waals surface area (Å²) in [7, 11) is 0. The Hall–Kier alpha value is -1.62. The maximum atomic E-state index is 12.4. The normalized spacial score (nSPS) is 22.6. The van der Waals surface area contributed by atoms with Crippen molar-refractivity contribution in [3.05, 3.63) is 38.9 Å². The number of hydrogen-bond acceptors (Lipinski definition) is 3. The molecule has 0 bridgehead atoms. The fourth-order valence-corrected chi connectivity index (χ4v) is 2.45. The molecule has 1 heterocycles. The van der Waals surface area contributed by atoms with Gasteiger partial charge in [0.1, 0.15) is 0 Å². The number of rotatable bonds is 2. The number of carbonyl (C=O) groups is 1. The molecule has 1 saturated heterocycles. The molecular weight excluding hydrogens is 268 g/mol. The third kappa shape index (κ3) is 2.71. The molecule has 0 spiro atoms. The molecule has 1 fully saturated rings. The van der Waals surface area contributed by atoms with Gasteiger partial charge in [-0.1, -0.05) is 25.4 Å². The van der Waals surface area contributed by atoms with E-state index in [-0.39, 0.29) is 22.2 Å². The van der Waals surface area contributed by atoms with Crippen LogP contribution in [0.5, 0.6) is 0 Å². The van der Waals surface area contributed by atoms with Crippen LogP contribution in [0.3, 0.4) is 0 Å². The van der Waals surface area contributed by atoms with Crippen LogP contribution in [0.25, 0.3) is 0 Å². The molecule has 6 heteroatoms. The number of hydrogen-bond donors (Lipinski definition) is 0.